The molecule has 0 bridgehead atoms. The van der Waals surface area contributed by atoms with E-state index in [0.717, 1.165) is 77.0 Å². The number of esters is 2. The van der Waals surface area contributed by atoms with Gasteiger partial charge in [0, 0.05) is 19.4 Å². The largest absolute Gasteiger partial charge is 0.472 e. The molecule has 0 aliphatic heterocycles. The fourth-order valence-corrected chi connectivity index (χ4v) is 6.12. The zero-order valence-corrected chi connectivity index (χ0v) is 35.5. The van der Waals surface area contributed by atoms with Crippen LogP contribution in [-0.4, -0.2) is 49.3 Å². The highest BCUT2D eigenvalue weighted by Crippen LogP contribution is 2.43. The number of carbonyl (C=O) groups is 2. The van der Waals surface area contributed by atoms with Crippen LogP contribution in [0.4, 0.5) is 0 Å². The third-order valence-corrected chi connectivity index (χ3v) is 9.55. The maximum absolute atomic E-state index is 12.6. The minimum absolute atomic E-state index is 0.0422. The molecule has 0 radical (unpaired) electrons. The van der Waals surface area contributed by atoms with Crippen molar-refractivity contribution in [2.75, 3.05) is 26.4 Å². The molecule has 0 aromatic heterocycles. The topological polar surface area (TPSA) is 134 Å². The van der Waals surface area contributed by atoms with Gasteiger partial charge >= 0.3 is 19.8 Å². The number of phosphoric ester groups is 1. The van der Waals surface area contributed by atoms with Crippen LogP contribution in [0.15, 0.2) is 72.9 Å². The minimum atomic E-state index is -4.39. The predicted octanol–water partition coefficient (Wildman–Crippen LogP) is 12.3. The van der Waals surface area contributed by atoms with Crippen molar-refractivity contribution in [1.82, 2.24) is 0 Å². The summed E-state index contributed by atoms with van der Waals surface area (Å²) in [6.45, 7) is 3.60. The SMILES string of the molecule is CCCCC/C=C/C/C=C/C/C=C/C/C=C/CCCCCC(=O)O[C@H](COC(=O)CCCCCCC/C=C/C/C=C/CCCCC)COP(=O)(O)OCCN. The molecule has 316 valence electrons. The Labute approximate surface area is 335 Å². The van der Waals surface area contributed by atoms with Gasteiger partial charge in [-0.1, -0.05) is 138 Å². The molecule has 10 heteroatoms. The molecule has 0 aliphatic carbocycles. The number of carbonyl (C=O) groups excluding carboxylic acids is 2. The van der Waals surface area contributed by atoms with E-state index in [1.165, 1.54) is 51.4 Å². The molecule has 0 aromatic rings. The van der Waals surface area contributed by atoms with Gasteiger partial charge in [-0.15, -0.1) is 0 Å². The number of hydrogen-bond donors (Lipinski definition) is 2. The molecule has 3 N–H and O–H groups in total. The summed E-state index contributed by atoms with van der Waals surface area (Å²) in [6.07, 6.45) is 49.3. The molecule has 0 saturated carbocycles. The summed E-state index contributed by atoms with van der Waals surface area (Å²) in [5.41, 5.74) is 5.34. The quantitative estimate of drug-likeness (QED) is 0.0270. The maximum atomic E-state index is 12.6. The van der Waals surface area contributed by atoms with Gasteiger partial charge in [0.15, 0.2) is 6.10 Å². The van der Waals surface area contributed by atoms with Crippen LogP contribution in [0.5, 0.6) is 0 Å². The van der Waals surface area contributed by atoms with Gasteiger partial charge in [-0.25, -0.2) is 4.57 Å². The van der Waals surface area contributed by atoms with Gasteiger partial charge in [0.2, 0.25) is 0 Å². The Kier molecular flexibility index (Phi) is 39.2. The average molecular weight is 792 g/mol. The molecular weight excluding hydrogens is 713 g/mol. The Morgan fingerprint density at radius 1 is 0.545 bits per heavy atom. The van der Waals surface area contributed by atoms with Gasteiger partial charge in [0.25, 0.3) is 0 Å². The van der Waals surface area contributed by atoms with Gasteiger partial charge in [-0.05, 0) is 89.9 Å². The van der Waals surface area contributed by atoms with Gasteiger partial charge in [-0.2, -0.15) is 0 Å². The molecule has 0 rings (SSSR count). The zero-order valence-electron chi connectivity index (χ0n) is 34.6. The maximum Gasteiger partial charge on any atom is 0.472 e. The summed E-state index contributed by atoms with van der Waals surface area (Å²) < 4.78 is 32.7. The molecule has 0 saturated heterocycles. The molecule has 0 heterocycles. The van der Waals surface area contributed by atoms with Crippen LogP contribution < -0.4 is 5.73 Å². The molecule has 0 amide bonds. The third kappa shape index (κ3) is 40.9. The van der Waals surface area contributed by atoms with E-state index in [9.17, 15) is 19.0 Å². The number of rotatable bonds is 39. The third-order valence-electron chi connectivity index (χ3n) is 8.56. The Hall–Kier alpha value is -2.55. The van der Waals surface area contributed by atoms with Crippen molar-refractivity contribution in [1.29, 1.82) is 0 Å². The highest BCUT2D eigenvalue weighted by molar-refractivity contribution is 7.47. The second-order valence-electron chi connectivity index (χ2n) is 13.8. The van der Waals surface area contributed by atoms with Crippen LogP contribution in [-0.2, 0) is 32.7 Å². The Bertz CT molecular complexity index is 1130. The summed E-state index contributed by atoms with van der Waals surface area (Å²) in [5, 5.41) is 0. The van der Waals surface area contributed by atoms with Crippen molar-refractivity contribution in [2.24, 2.45) is 5.73 Å². The lowest BCUT2D eigenvalue weighted by molar-refractivity contribution is -0.161. The molecule has 1 unspecified atom stereocenters. The first kappa shape index (κ1) is 52.5. The summed E-state index contributed by atoms with van der Waals surface area (Å²) in [5.74, 6) is -0.887. The van der Waals surface area contributed by atoms with E-state index in [-0.39, 0.29) is 32.6 Å². The summed E-state index contributed by atoms with van der Waals surface area (Å²) >= 11 is 0. The summed E-state index contributed by atoms with van der Waals surface area (Å²) in [6, 6.07) is 0. The Balaban J connectivity index is 4.28. The van der Waals surface area contributed by atoms with Crippen molar-refractivity contribution in [3.8, 4) is 0 Å². The smallest absolute Gasteiger partial charge is 0.462 e. The second kappa shape index (κ2) is 41.1. The van der Waals surface area contributed by atoms with Crippen molar-refractivity contribution in [3.63, 3.8) is 0 Å². The fourth-order valence-electron chi connectivity index (χ4n) is 5.35. The first-order chi connectivity index (χ1) is 26.8. The van der Waals surface area contributed by atoms with Crippen molar-refractivity contribution < 1.29 is 37.6 Å². The van der Waals surface area contributed by atoms with Crippen molar-refractivity contribution in [2.45, 2.75) is 174 Å². The van der Waals surface area contributed by atoms with Crippen LogP contribution in [0, 0.1) is 0 Å². The monoisotopic (exact) mass is 792 g/mol. The lowest BCUT2D eigenvalue weighted by Gasteiger charge is -2.19. The van der Waals surface area contributed by atoms with E-state index in [2.05, 4.69) is 86.8 Å². The lowest BCUT2D eigenvalue weighted by Crippen LogP contribution is -2.29. The van der Waals surface area contributed by atoms with Crippen LogP contribution in [0.25, 0.3) is 0 Å². The molecule has 0 fully saturated rings. The first-order valence-corrected chi connectivity index (χ1v) is 22.9. The summed E-state index contributed by atoms with van der Waals surface area (Å²) in [7, 11) is -4.39. The van der Waals surface area contributed by atoms with Crippen molar-refractivity contribution in [3.05, 3.63) is 72.9 Å². The molecule has 55 heavy (non-hydrogen) atoms. The van der Waals surface area contributed by atoms with Gasteiger partial charge in [-0.3, -0.25) is 18.6 Å². The number of unbranched alkanes of at least 4 members (excludes halogenated alkanes) is 14. The van der Waals surface area contributed by atoms with Crippen molar-refractivity contribution >= 4 is 19.8 Å². The fraction of sp³-hybridized carbons (Fsp3) is 0.689. The number of phosphoric acid groups is 1. The van der Waals surface area contributed by atoms with Gasteiger partial charge in [0.1, 0.15) is 6.61 Å². The molecule has 0 aliphatic rings. The van der Waals surface area contributed by atoms with E-state index >= 15 is 0 Å². The number of nitrogens with two attached hydrogens (primary N) is 1. The average Bonchev–Trinajstić information content (AvgIpc) is 3.17. The highest BCUT2D eigenvalue weighted by Gasteiger charge is 2.25. The van der Waals surface area contributed by atoms with E-state index in [4.69, 9.17) is 24.3 Å². The molecule has 0 spiro atoms. The second-order valence-corrected chi connectivity index (χ2v) is 15.3. The molecule has 9 nitrogen and oxygen atoms in total. The molecule has 2 atom stereocenters. The predicted molar refractivity (Wildman–Crippen MR) is 229 cm³/mol. The number of allylic oxidation sites excluding steroid dienone is 12. The molecule has 0 aromatic carbocycles. The Morgan fingerprint density at radius 3 is 1.42 bits per heavy atom. The van der Waals surface area contributed by atoms with Crippen LogP contribution in [0.2, 0.25) is 0 Å². The van der Waals surface area contributed by atoms with E-state index in [1.54, 1.807) is 0 Å². The van der Waals surface area contributed by atoms with E-state index in [0.29, 0.717) is 12.8 Å². The van der Waals surface area contributed by atoms with Crippen LogP contribution in [0.1, 0.15) is 168 Å². The van der Waals surface area contributed by atoms with Crippen LogP contribution >= 0.6 is 7.82 Å². The number of ether oxygens (including phenoxy) is 2. The standard InChI is InChI=1S/C45H78NO8P/c1-3-5-7-9-11-13-15-17-19-20-21-22-24-26-28-30-32-34-36-38-45(48)54-43(42-53-55(49,50)52-40-39-46)41-51-44(47)37-35-33-31-29-27-25-23-18-16-14-12-10-8-6-4-2/h11-14,17-19,21-23,26,28,43H,3-10,15-16,20,24-25,27,29-42,46H2,1-2H3,(H,49,50)/b13-11+,14-12+,19-17+,22-21+,23-18+,28-26+/t43-/m1/s1. The lowest BCUT2D eigenvalue weighted by atomic mass is 10.1. The van der Waals surface area contributed by atoms with Gasteiger partial charge < -0.3 is 20.1 Å². The molecular formula is C45H78NO8P. The highest BCUT2D eigenvalue weighted by atomic mass is 31.2. The normalized spacial score (nSPS) is 14.0. The first-order valence-electron chi connectivity index (χ1n) is 21.4. The van der Waals surface area contributed by atoms with Gasteiger partial charge in [0.05, 0.1) is 13.2 Å². The zero-order chi connectivity index (χ0) is 40.3. The van der Waals surface area contributed by atoms with Crippen LogP contribution in [0.3, 0.4) is 0 Å². The van der Waals surface area contributed by atoms with E-state index in [1.807, 2.05) is 0 Å². The van der Waals surface area contributed by atoms with E-state index < -0.39 is 32.5 Å². The summed E-state index contributed by atoms with van der Waals surface area (Å²) in [4.78, 5) is 34.8. The minimum Gasteiger partial charge on any atom is -0.462 e. The number of hydrogen-bond acceptors (Lipinski definition) is 8. The Morgan fingerprint density at radius 2 is 0.945 bits per heavy atom.